The Kier molecular flexibility index (Phi) is 6.10. The fourth-order valence-electron chi connectivity index (χ4n) is 3.58. The number of ether oxygens (including phenoxy) is 1. The number of nitrogens with one attached hydrogen (secondary N) is 1. The number of rotatable bonds is 6. The fourth-order valence-corrected chi connectivity index (χ4v) is 3.58. The molecule has 2 heterocycles. The molecule has 0 aliphatic carbocycles. The molecule has 3 aromatic rings. The van der Waals surface area contributed by atoms with E-state index in [4.69, 9.17) is 4.74 Å². The standard InChI is InChI=1S/C23H29FN4O2/c1-14-11-15(2)25-21-20(14)22(27-28(21)6)30-13-19(29)26-18(12-23(3,4)5)16-7-9-17(24)10-8-16/h7-11,18H,12-13H2,1-6H3,(H,26,29). The SMILES string of the molecule is Cc1cc(C)c2c(OCC(=O)NC(CC(C)(C)C)c3ccc(F)cc3)nn(C)c2n1. The van der Waals surface area contributed by atoms with Gasteiger partial charge < -0.3 is 10.1 Å². The second-order valence-corrected chi connectivity index (χ2v) is 8.93. The lowest BCUT2D eigenvalue weighted by Crippen LogP contribution is -2.34. The van der Waals surface area contributed by atoms with Gasteiger partial charge in [0, 0.05) is 12.7 Å². The Bertz CT molecular complexity index is 1050. The van der Waals surface area contributed by atoms with Gasteiger partial charge in [0.05, 0.1) is 11.4 Å². The van der Waals surface area contributed by atoms with Crippen LogP contribution < -0.4 is 10.1 Å². The summed E-state index contributed by atoms with van der Waals surface area (Å²) in [5.74, 6) is -0.170. The molecule has 7 heteroatoms. The Hall–Kier alpha value is -2.96. The number of nitrogens with zero attached hydrogens (tertiary/aromatic N) is 3. The number of pyridine rings is 1. The lowest BCUT2D eigenvalue weighted by Gasteiger charge is -2.27. The Labute approximate surface area is 176 Å². The molecule has 30 heavy (non-hydrogen) atoms. The predicted octanol–water partition coefficient (Wildman–Crippen LogP) is 4.40. The summed E-state index contributed by atoms with van der Waals surface area (Å²) in [6.07, 6.45) is 0.708. The summed E-state index contributed by atoms with van der Waals surface area (Å²) < 4.78 is 20.7. The molecule has 1 unspecified atom stereocenters. The van der Waals surface area contributed by atoms with E-state index in [1.54, 1.807) is 23.9 Å². The number of amides is 1. The van der Waals surface area contributed by atoms with Gasteiger partial charge in [-0.05, 0) is 55.0 Å². The number of halogens is 1. The van der Waals surface area contributed by atoms with Crippen molar-refractivity contribution in [2.24, 2.45) is 12.5 Å². The van der Waals surface area contributed by atoms with Gasteiger partial charge >= 0.3 is 0 Å². The maximum atomic E-state index is 13.3. The van der Waals surface area contributed by atoms with Crippen molar-refractivity contribution in [3.8, 4) is 5.88 Å². The van der Waals surface area contributed by atoms with E-state index in [0.29, 0.717) is 12.3 Å². The molecule has 0 spiro atoms. The summed E-state index contributed by atoms with van der Waals surface area (Å²) in [7, 11) is 1.80. The van der Waals surface area contributed by atoms with E-state index in [1.165, 1.54) is 12.1 Å². The van der Waals surface area contributed by atoms with Crippen LogP contribution >= 0.6 is 0 Å². The van der Waals surface area contributed by atoms with Crippen LogP contribution in [0.3, 0.4) is 0 Å². The molecule has 3 rings (SSSR count). The summed E-state index contributed by atoms with van der Waals surface area (Å²) in [5.41, 5.74) is 3.46. The van der Waals surface area contributed by atoms with Gasteiger partial charge in [-0.15, -0.1) is 5.10 Å². The highest BCUT2D eigenvalue weighted by Crippen LogP contribution is 2.30. The van der Waals surface area contributed by atoms with Gasteiger partial charge in [-0.2, -0.15) is 0 Å². The van der Waals surface area contributed by atoms with Gasteiger partial charge in [0.15, 0.2) is 12.3 Å². The molecule has 0 saturated carbocycles. The van der Waals surface area contributed by atoms with Crippen molar-refractivity contribution in [3.63, 3.8) is 0 Å². The summed E-state index contributed by atoms with van der Waals surface area (Å²) in [6.45, 7) is 10.0. The monoisotopic (exact) mass is 412 g/mol. The molecule has 0 aliphatic heterocycles. The minimum atomic E-state index is -0.302. The van der Waals surface area contributed by atoms with Gasteiger partial charge in [-0.25, -0.2) is 14.1 Å². The molecule has 6 nitrogen and oxygen atoms in total. The van der Waals surface area contributed by atoms with Crippen LogP contribution in [0.4, 0.5) is 4.39 Å². The molecule has 0 bridgehead atoms. The largest absolute Gasteiger partial charge is 0.466 e. The molecule has 1 amide bonds. The zero-order chi connectivity index (χ0) is 22.1. The van der Waals surface area contributed by atoms with E-state index in [2.05, 4.69) is 36.2 Å². The molecule has 160 valence electrons. The molecule has 0 saturated heterocycles. The fraction of sp³-hybridized carbons (Fsp3) is 0.435. The smallest absolute Gasteiger partial charge is 0.258 e. The van der Waals surface area contributed by atoms with Crippen LogP contribution in [0.25, 0.3) is 11.0 Å². The van der Waals surface area contributed by atoms with Gasteiger partial charge in [0.1, 0.15) is 5.82 Å². The van der Waals surface area contributed by atoms with E-state index in [-0.39, 0.29) is 29.8 Å². The third-order valence-corrected chi connectivity index (χ3v) is 4.85. The second kappa shape index (κ2) is 8.42. The number of carbonyl (C=O) groups is 1. The van der Waals surface area contributed by atoms with Crippen LogP contribution in [0, 0.1) is 25.1 Å². The summed E-state index contributed by atoms with van der Waals surface area (Å²) >= 11 is 0. The van der Waals surface area contributed by atoms with Crippen molar-refractivity contribution in [2.45, 2.75) is 47.1 Å². The lowest BCUT2D eigenvalue weighted by atomic mass is 9.85. The molecule has 0 radical (unpaired) electrons. The Morgan fingerprint density at radius 3 is 2.53 bits per heavy atom. The van der Waals surface area contributed by atoms with E-state index < -0.39 is 0 Å². The van der Waals surface area contributed by atoms with Gasteiger partial charge in [0.2, 0.25) is 5.88 Å². The molecular formula is C23H29FN4O2. The first-order chi connectivity index (χ1) is 14.0. The summed E-state index contributed by atoms with van der Waals surface area (Å²) in [5, 5.41) is 8.21. The molecule has 1 N–H and O–H groups in total. The molecule has 1 aromatic carbocycles. The number of fused-ring (bicyclic) bond motifs is 1. The molecule has 2 aromatic heterocycles. The number of benzene rings is 1. The zero-order valence-electron chi connectivity index (χ0n) is 18.4. The normalized spacial score (nSPS) is 12.8. The van der Waals surface area contributed by atoms with Crippen LogP contribution in [0.2, 0.25) is 0 Å². The lowest BCUT2D eigenvalue weighted by molar-refractivity contribution is -0.124. The quantitative estimate of drug-likeness (QED) is 0.652. The van der Waals surface area contributed by atoms with Gasteiger partial charge in [-0.1, -0.05) is 32.9 Å². The number of hydrogen-bond acceptors (Lipinski definition) is 4. The molecule has 0 aliphatic rings. The third kappa shape index (κ3) is 5.14. The van der Waals surface area contributed by atoms with Crippen molar-refractivity contribution in [1.29, 1.82) is 0 Å². The first-order valence-corrected chi connectivity index (χ1v) is 10.0. The van der Waals surface area contributed by atoms with Crippen LogP contribution in [0.1, 0.15) is 50.1 Å². The first-order valence-electron chi connectivity index (χ1n) is 10.0. The van der Waals surface area contributed by atoms with Gasteiger partial charge in [0.25, 0.3) is 5.91 Å². The maximum Gasteiger partial charge on any atom is 0.258 e. The predicted molar refractivity (Wildman–Crippen MR) is 115 cm³/mol. The van der Waals surface area contributed by atoms with Crippen LogP contribution in [-0.2, 0) is 11.8 Å². The van der Waals surface area contributed by atoms with Crippen LogP contribution in [-0.4, -0.2) is 27.3 Å². The van der Waals surface area contributed by atoms with Crippen LogP contribution in [0.5, 0.6) is 5.88 Å². The van der Waals surface area contributed by atoms with E-state index in [0.717, 1.165) is 27.9 Å². The minimum Gasteiger partial charge on any atom is -0.466 e. The number of aryl methyl sites for hydroxylation is 3. The summed E-state index contributed by atoms with van der Waals surface area (Å²) in [6, 6.07) is 7.95. The highest BCUT2D eigenvalue weighted by Gasteiger charge is 2.23. The maximum absolute atomic E-state index is 13.3. The molecular weight excluding hydrogens is 383 g/mol. The Balaban J connectivity index is 1.75. The number of aromatic nitrogens is 3. The topological polar surface area (TPSA) is 69.0 Å². The van der Waals surface area contributed by atoms with Crippen molar-refractivity contribution >= 4 is 16.9 Å². The Morgan fingerprint density at radius 1 is 1.23 bits per heavy atom. The second-order valence-electron chi connectivity index (χ2n) is 8.93. The minimum absolute atomic E-state index is 0.0228. The van der Waals surface area contributed by atoms with Crippen molar-refractivity contribution < 1.29 is 13.9 Å². The van der Waals surface area contributed by atoms with Gasteiger partial charge in [-0.3, -0.25) is 4.79 Å². The van der Waals surface area contributed by atoms with Crippen molar-refractivity contribution in [1.82, 2.24) is 20.1 Å². The van der Waals surface area contributed by atoms with E-state index >= 15 is 0 Å². The van der Waals surface area contributed by atoms with Crippen molar-refractivity contribution in [3.05, 3.63) is 53.0 Å². The summed E-state index contributed by atoms with van der Waals surface area (Å²) in [4.78, 5) is 17.2. The highest BCUT2D eigenvalue weighted by atomic mass is 19.1. The zero-order valence-corrected chi connectivity index (χ0v) is 18.4. The molecule has 1 atom stereocenters. The Morgan fingerprint density at radius 2 is 1.90 bits per heavy atom. The molecule has 0 fully saturated rings. The van der Waals surface area contributed by atoms with Crippen LogP contribution in [0.15, 0.2) is 30.3 Å². The first kappa shape index (κ1) is 21.7. The average Bonchev–Trinajstić information content (AvgIpc) is 2.95. The number of carbonyl (C=O) groups excluding carboxylic acids is 1. The highest BCUT2D eigenvalue weighted by molar-refractivity contribution is 5.85. The number of hydrogen-bond donors (Lipinski definition) is 1. The average molecular weight is 413 g/mol. The van der Waals surface area contributed by atoms with E-state index in [9.17, 15) is 9.18 Å². The van der Waals surface area contributed by atoms with Crippen molar-refractivity contribution in [2.75, 3.05) is 6.61 Å². The third-order valence-electron chi connectivity index (χ3n) is 4.85. The van der Waals surface area contributed by atoms with E-state index in [1.807, 2.05) is 19.9 Å².